The summed E-state index contributed by atoms with van der Waals surface area (Å²) in [5, 5.41) is 3.91. The summed E-state index contributed by atoms with van der Waals surface area (Å²) in [5.41, 5.74) is 6.15. The molecule has 94 valence electrons. The zero-order valence-electron chi connectivity index (χ0n) is 9.91. The molecule has 18 heavy (non-hydrogen) atoms. The van der Waals surface area contributed by atoms with Gasteiger partial charge in [-0.2, -0.15) is 4.98 Å². The highest BCUT2D eigenvalue weighted by Crippen LogP contribution is 2.31. The van der Waals surface area contributed by atoms with E-state index in [0.29, 0.717) is 30.6 Å². The molecule has 2 unspecified atom stereocenters. The van der Waals surface area contributed by atoms with Crippen LogP contribution in [0.2, 0.25) is 0 Å². The van der Waals surface area contributed by atoms with Gasteiger partial charge in [0.25, 0.3) is 0 Å². The van der Waals surface area contributed by atoms with Gasteiger partial charge in [-0.05, 0) is 6.92 Å². The Kier molecular flexibility index (Phi) is 2.57. The minimum Gasteiger partial charge on any atom is -0.379 e. The average Bonchev–Trinajstić information content (AvgIpc) is 3.00. The normalized spacial score (nSPS) is 27.6. The fourth-order valence-electron chi connectivity index (χ4n) is 1.88. The highest BCUT2D eigenvalue weighted by molar-refractivity contribution is 5.45. The van der Waals surface area contributed by atoms with E-state index < -0.39 is 5.41 Å². The maximum atomic E-state index is 6.01. The van der Waals surface area contributed by atoms with E-state index in [2.05, 4.69) is 20.1 Å². The number of rotatable bonds is 2. The van der Waals surface area contributed by atoms with Gasteiger partial charge in [-0.25, -0.2) is 4.98 Å². The second-order valence-corrected chi connectivity index (χ2v) is 4.55. The van der Waals surface area contributed by atoms with Crippen LogP contribution >= 0.6 is 0 Å². The molecule has 0 bridgehead atoms. The van der Waals surface area contributed by atoms with Crippen molar-refractivity contribution in [2.45, 2.75) is 18.4 Å². The van der Waals surface area contributed by atoms with E-state index in [9.17, 15) is 0 Å². The second kappa shape index (κ2) is 4.11. The van der Waals surface area contributed by atoms with Crippen molar-refractivity contribution in [3.63, 3.8) is 0 Å². The first-order valence-corrected chi connectivity index (χ1v) is 5.64. The SMILES string of the molecule is CC1(c2nc(-c3cnccn3)no2)COCC1N. The van der Waals surface area contributed by atoms with E-state index in [1.807, 2.05) is 6.92 Å². The first kappa shape index (κ1) is 11.2. The second-order valence-electron chi connectivity index (χ2n) is 4.55. The molecule has 2 atom stereocenters. The van der Waals surface area contributed by atoms with Gasteiger partial charge in [0.2, 0.25) is 11.7 Å². The molecule has 0 aliphatic carbocycles. The molecule has 7 heteroatoms. The van der Waals surface area contributed by atoms with Crippen LogP contribution in [0, 0.1) is 0 Å². The first-order valence-electron chi connectivity index (χ1n) is 5.64. The quantitative estimate of drug-likeness (QED) is 0.805. The molecule has 2 N–H and O–H groups in total. The van der Waals surface area contributed by atoms with Crippen molar-refractivity contribution < 1.29 is 9.26 Å². The van der Waals surface area contributed by atoms with E-state index in [1.54, 1.807) is 18.6 Å². The number of nitrogens with two attached hydrogens (primary N) is 1. The van der Waals surface area contributed by atoms with Crippen molar-refractivity contribution in [1.29, 1.82) is 0 Å². The number of ether oxygens (including phenoxy) is 1. The van der Waals surface area contributed by atoms with Gasteiger partial charge in [-0.15, -0.1) is 0 Å². The molecule has 2 aromatic rings. The lowest BCUT2D eigenvalue weighted by Crippen LogP contribution is -2.42. The third-order valence-corrected chi connectivity index (χ3v) is 3.22. The molecule has 7 nitrogen and oxygen atoms in total. The molecule has 3 rings (SSSR count). The molecule has 1 aliphatic heterocycles. The minimum absolute atomic E-state index is 0.146. The average molecular weight is 247 g/mol. The highest BCUT2D eigenvalue weighted by Gasteiger charge is 2.44. The predicted octanol–water partition coefficient (Wildman–Crippen LogP) is 0.142. The molecule has 3 heterocycles. The van der Waals surface area contributed by atoms with Gasteiger partial charge < -0.3 is 15.0 Å². The fourth-order valence-corrected chi connectivity index (χ4v) is 1.88. The van der Waals surface area contributed by atoms with Gasteiger partial charge >= 0.3 is 0 Å². The Morgan fingerprint density at radius 2 is 2.33 bits per heavy atom. The Morgan fingerprint density at radius 3 is 3.00 bits per heavy atom. The van der Waals surface area contributed by atoms with E-state index >= 15 is 0 Å². The van der Waals surface area contributed by atoms with Crippen LogP contribution in [0.3, 0.4) is 0 Å². The van der Waals surface area contributed by atoms with E-state index in [4.69, 9.17) is 15.0 Å². The monoisotopic (exact) mass is 247 g/mol. The fraction of sp³-hybridized carbons (Fsp3) is 0.455. The minimum atomic E-state index is -0.437. The van der Waals surface area contributed by atoms with Gasteiger partial charge in [-0.1, -0.05) is 5.16 Å². The van der Waals surface area contributed by atoms with Gasteiger partial charge in [0.05, 0.1) is 24.8 Å². The summed E-state index contributed by atoms with van der Waals surface area (Å²) in [6.07, 6.45) is 4.76. The van der Waals surface area contributed by atoms with Crippen LogP contribution in [0.4, 0.5) is 0 Å². The molecule has 0 aromatic carbocycles. The Bertz CT molecular complexity index is 543. The van der Waals surface area contributed by atoms with Crippen molar-refractivity contribution in [2.24, 2.45) is 5.73 Å². The highest BCUT2D eigenvalue weighted by atomic mass is 16.5. The summed E-state index contributed by atoms with van der Waals surface area (Å²) in [5.74, 6) is 0.895. The van der Waals surface area contributed by atoms with E-state index in [1.165, 1.54) is 0 Å². The van der Waals surface area contributed by atoms with Crippen molar-refractivity contribution in [3.05, 3.63) is 24.5 Å². The van der Waals surface area contributed by atoms with Crippen LogP contribution in [-0.2, 0) is 10.2 Å². The van der Waals surface area contributed by atoms with Crippen LogP contribution in [0.25, 0.3) is 11.5 Å². The zero-order valence-corrected chi connectivity index (χ0v) is 9.91. The molecular weight excluding hydrogens is 234 g/mol. The summed E-state index contributed by atoms with van der Waals surface area (Å²) in [4.78, 5) is 12.4. The van der Waals surface area contributed by atoms with Gasteiger partial charge in [0.15, 0.2) is 0 Å². The van der Waals surface area contributed by atoms with Crippen molar-refractivity contribution >= 4 is 0 Å². The van der Waals surface area contributed by atoms with Crippen LogP contribution in [0.5, 0.6) is 0 Å². The lowest BCUT2D eigenvalue weighted by atomic mass is 9.86. The van der Waals surface area contributed by atoms with Crippen LogP contribution in [0.1, 0.15) is 12.8 Å². The Balaban J connectivity index is 1.95. The van der Waals surface area contributed by atoms with E-state index in [-0.39, 0.29) is 6.04 Å². The lowest BCUT2D eigenvalue weighted by Gasteiger charge is -2.21. The van der Waals surface area contributed by atoms with Crippen molar-refractivity contribution in [3.8, 4) is 11.5 Å². The Morgan fingerprint density at radius 1 is 1.44 bits per heavy atom. The molecule has 1 aliphatic rings. The molecule has 0 amide bonds. The number of nitrogens with zero attached hydrogens (tertiary/aromatic N) is 4. The van der Waals surface area contributed by atoms with Crippen LogP contribution < -0.4 is 5.73 Å². The molecule has 1 fully saturated rings. The molecular formula is C11H13N5O2. The molecule has 0 saturated carbocycles. The topological polar surface area (TPSA) is 100.0 Å². The molecule has 2 aromatic heterocycles. The lowest BCUT2D eigenvalue weighted by molar-refractivity contribution is 0.169. The van der Waals surface area contributed by atoms with E-state index in [0.717, 1.165) is 0 Å². The molecule has 0 radical (unpaired) electrons. The van der Waals surface area contributed by atoms with Gasteiger partial charge in [-0.3, -0.25) is 4.98 Å². The number of hydrogen-bond acceptors (Lipinski definition) is 7. The van der Waals surface area contributed by atoms with Gasteiger partial charge in [0.1, 0.15) is 5.69 Å². The van der Waals surface area contributed by atoms with Crippen LogP contribution in [0.15, 0.2) is 23.1 Å². The predicted molar refractivity (Wildman–Crippen MR) is 61.5 cm³/mol. The maximum Gasteiger partial charge on any atom is 0.236 e. The largest absolute Gasteiger partial charge is 0.379 e. The summed E-state index contributed by atoms with van der Waals surface area (Å²) in [6, 6.07) is -0.146. The Hall–Kier alpha value is -1.86. The third-order valence-electron chi connectivity index (χ3n) is 3.22. The molecule has 1 saturated heterocycles. The first-order chi connectivity index (χ1) is 8.70. The maximum absolute atomic E-state index is 6.01. The summed E-state index contributed by atoms with van der Waals surface area (Å²) in [6.45, 7) is 2.94. The zero-order chi connectivity index (χ0) is 12.6. The standard InChI is InChI=1S/C11H13N5O2/c1-11(6-17-5-8(11)12)10-15-9(16-18-10)7-4-13-2-3-14-7/h2-4,8H,5-6,12H2,1H3. The smallest absolute Gasteiger partial charge is 0.236 e. The summed E-state index contributed by atoms with van der Waals surface area (Å²) in [7, 11) is 0. The third kappa shape index (κ3) is 1.68. The Labute approximate surface area is 103 Å². The number of aromatic nitrogens is 4. The van der Waals surface area contributed by atoms with Crippen LogP contribution in [-0.4, -0.2) is 39.4 Å². The van der Waals surface area contributed by atoms with Crippen molar-refractivity contribution in [2.75, 3.05) is 13.2 Å². The van der Waals surface area contributed by atoms with Crippen molar-refractivity contribution in [1.82, 2.24) is 20.1 Å². The summed E-state index contributed by atoms with van der Waals surface area (Å²) >= 11 is 0. The summed E-state index contributed by atoms with van der Waals surface area (Å²) < 4.78 is 10.6. The van der Waals surface area contributed by atoms with Gasteiger partial charge in [0, 0.05) is 18.4 Å². The number of hydrogen-bond donors (Lipinski definition) is 1. The molecule has 0 spiro atoms.